The van der Waals surface area contributed by atoms with Crippen LogP contribution >= 0.6 is 38.9 Å². The molecule has 0 aliphatic carbocycles. The number of likely N-dealkylation sites (tertiary alicyclic amines) is 1. The normalized spacial score (nSPS) is 14.9. The maximum Gasteiger partial charge on any atom is 0.309 e. The Hall–Kier alpha value is -2.43. The summed E-state index contributed by atoms with van der Waals surface area (Å²) in [7, 11) is 1.73. The number of carboxylic acids is 1. The number of halogens is 2. The van der Waals surface area contributed by atoms with Gasteiger partial charge in [-0.2, -0.15) is 5.10 Å². The number of ether oxygens (including phenoxy) is 1. The number of aliphatic carboxylic acids is 1. The zero-order valence-corrected chi connectivity index (χ0v) is 28.8. The molecule has 0 saturated carbocycles. The van der Waals surface area contributed by atoms with Crippen LogP contribution < -0.4 is 4.74 Å². The van der Waals surface area contributed by atoms with Gasteiger partial charge in [0.2, 0.25) is 5.91 Å². The first-order valence-corrected chi connectivity index (χ1v) is 16.1. The Kier molecular flexibility index (Phi) is 9.50. The Balaban J connectivity index is 1.52. The van der Waals surface area contributed by atoms with Gasteiger partial charge in [0, 0.05) is 35.7 Å². The van der Waals surface area contributed by atoms with E-state index in [2.05, 4.69) is 74.7 Å². The lowest BCUT2D eigenvalue weighted by Crippen LogP contribution is -2.40. The number of hydrogen-bond acceptors (Lipinski definition) is 6. The lowest BCUT2D eigenvalue weighted by Gasteiger charge is -2.31. The van der Waals surface area contributed by atoms with Gasteiger partial charge in [-0.05, 0) is 58.7 Å². The third-order valence-corrected chi connectivity index (χ3v) is 10.2. The summed E-state index contributed by atoms with van der Waals surface area (Å²) in [6.45, 7) is 16.2. The molecule has 1 aliphatic heterocycles. The topological polar surface area (TPSA) is 97.5 Å². The highest BCUT2D eigenvalue weighted by atomic mass is 79.9. The first-order chi connectivity index (χ1) is 19.5. The molecule has 1 aromatic carbocycles. The van der Waals surface area contributed by atoms with Gasteiger partial charge in [0.05, 0.1) is 34.4 Å². The number of thiazole rings is 1. The molecule has 1 amide bonds. The molecule has 0 unspecified atom stereocenters. The van der Waals surface area contributed by atoms with E-state index in [-0.39, 0.29) is 35.6 Å². The molecule has 3 heterocycles. The number of carboxylic acid groups (broad SMARTS) is 1. The van der Waals surface area contributed by atoms with E-state index < -0.39 is 5.97 Å². The SMILES string of the molecule is COc1c(C(C)(C)C)cc(-c2nc(C3CCN(C(=O)Cn4nc(CC(=O)O)c(Br)c4C)CC3)sc2Cl)cc1C(C)(C)C. The Morgan fingerprint density at radius 3 is 2.19 bits per heavy atom. The number of methoxy groups -OCH3 is 1. The van der Waals surface area contributed by atoms with Gasteiger partial charge in [0.1, 0.15) is 22.3 Å². The van der Waals surface area contributed by atoms with E-state index in [1.54, 1.807) is 11.8 Å². The van der Waals surface area contributed by atoms with Crippen molar-refractivity contribution in [3.63, 3.8) is 0 Å². The monoisotopic (exact) mass is 678 g/mol. The van der Waals surface area contributed by atoms with Crippen molar-refractivity contribution in [1.29, 1.82) is 0 Å². The number of rotatable bonds is 7. The molecule has 228 valence electrons. The second-order valence-electron chi connectivity index (χ2n) is 13.0. The molecule has 3 aromatic rings. The first kappa shape index (κ1) is 32.5. The molecule has 1 fully saturated rings. The predicted octanol–water partition coefficient (Wildman–Crippen LogP) is 7.37. The van der Waals surface area contributed by atoms with Crippen LogP contribution in [0.5, 0.6) is 5.75 Å². The van der Waals surface area contributed by atoms with Gasteiger partial charge in [0.15, 0.2) is 0 Å². The van der Waals surface area contributed by atoms with Crippen LogP contribution in [0.3, 0.4) is 0 Å². The number of amides is 1. The second kappa shape index (κ2) is 12.3. The fourth-order valence-corrected chi connectivity index (χ4v) is 7.17. The molecule has 1 N–H and O–H groups in total. The van der Waals surface area contributed by atoms with Gasteiger partial charge < -0.3 is 14.7 Å². The van der Waals surface area contributed by atoms with Crippen LogP contribution in [0, 0.1) is 6.92 Å². The fourth-order valence-electron chi connectivity index (χ4n) is 5.37. The van der Waals surface area contributed by atoms with Crippen LogP contribution in [0.4, 0.5) is 0 Å². The largest absolute Gasteiger partial charge is 0.496 e. The fraction of sp³-hybridized carbons (Fsp3) is 0.548. The third-order valence-electron chi connectivity index (χ3n) is 7.79. The highest BCUT2D eigenvalue weighted by Crippen LogP contribution is 2.45. The Labute approximate surface area is 265 Å². The molecular weight excluding hydrogens is 640 g/mol. The Morgan fingerprint density at radius 2 is 1.69 bits per heavy atom. The summed E-state index contributed by atoms with van der Waals surface area (Å²) < 4.78 is 8.82. The molecule has 0 atom stereocenters. The molecule has 4 rings (SSSR count). The van der Waals surface area contributed by atoms with E-state index in [9.17, 15) is 9.59 Å². The molecule has 0 spiro atoms. The minimum absolute atomic E-state index is 0.0334. The molecule has 8 nitrogen and oxygen atoms in total. The molecule has 0 radical (unpaired) electrons. The van der Waals surface area contributed by atoms with Crippen LogP contribution in [-0.2, 0) is 33.4 Å². The number of carbonyl (C=O) groups is 2. The summed E-state index contributed by atoms with van der Waals surface area (Å²) >= 11 is 11.8. The van der Waals surface area contributed by atoms with Crippen molar-refractivity contribution in [1.82, 2.24) is 19.7 Å². The van der Waals surface area contributed by atoms with Gasteiger partial charge in [-0.25, -0.2) is 4.98 Å². The predicted molar refractivity (Wildman–Crippen MR) is 171 cm³/mol. The van der Waals surface area contributed by atoms with Crippen LogP contribution in [0.15, 0.2) is 16.6 Å². The number of benzene rings is 1. The van der Waals surface area contributed by atoms with Crippen LogP contribution in [0.25, 0.3) is 11.3 Å². The number of piperidine rings is 1. The van der Waals surface area contributed by atoms with Gasteiger partial charge in [-0.3, -0.25) is 14.3 Å². The zero-order valence-electron chi connectivity index (χ0n) is 25.6. The van der Waals surface area contributed by atoms with E-state index in [1.807, 2.05) is 11.8 Å². The van der Waals surface area contributed by atoms with Crippen LogP contribution in [0.1, 0.15) is 87.8 Å². The molecule has 1 saturated heterocycles. The van der Waals surface area contributed by atoms with Crippen molar-refractivity contribution in [2.75, 3.05) is 20.2 Å². The van der Waals surface area contributed by atoms with Gasteiger partial charge in [-0.1, -0.05) is 53.1 Å². The Bertz CT molecular complexity index is 1460. The molecule has 1 aliphatic rings. The second-order valence-corrected chi connectivity index (χ2v) is 15.4. The summed E-state index contributed by atoms with van der Waals surface area (Å²) in [5.41, 5.74) is 4.94. The lowest BCUT2D eigenvalue weighted by atomic mass is 9.78. The molecule has 11 heteroatoms. The van der Waals surface area contributed by atoms with Crippen LogP contribution in [-0.4, -0.2) is 56.8 Å². The summed E-state index contributed by atoms with van der Waals surface area (Å²) in [5, 5.41) is 14.5. The van der Waals surface area contributed by atoms with Crippen molar-refractivity contribution >= 4 is 50.7 Å². The van der Waals surface area contributed by atoms with E-state index in [1.165, 1.54) is 11.3 Å². The Morgan fingerprint density at radius 1 is 1.12 bits per heavy atom. The minimum atomic E-state index is -0.963. The highest BCUT2D eigenvalue weighted by molar-refractivity contribution is 9.10. The molecular formula is C31H40BrClN4O4S. The lowest BCUT2D eigenvalue weighted by molar-refractivity contribution is -0.136. The summed E-state index contributed by atoms with van der Waals surface area (Å²) in [6.07, 6.45) is 1.40. The van der Waals surface area contributed by atoms with E-state index >= 15 is 0 Å². The van der Waals surface area contributed by atoms with Gasteiger partial charge in [-0.15, -0.1) is 11.3 Å². The van der Waals surface area contributed by atoms with Gasteiger partial charge in [0.25, 0.3) is 0 Å². The number of hydrogen-bond donors (Lipinski definition) is 1. The maximum atomic E-state index is 13.1. The minimum Gasteiger partial charge on any atom is -0.496 e. The van der Waals surface area contributed by atoms with Crippen molar-refractivity contribution in [2.24, 2.45) is 0 Å². The average molecular weight is 680 g/mol. The first-order valence-electron chi connectivity index (χ1n) is 14.1. The average Bonchev–Trinajstić information content (AvgIpc) is 3.41. The van der Waals surface area contributed by atoms with Gasteiger partial charge >= 0.3 is 5.97 Å². The van der Waals surface area contributed by atoms with E-state index in [4.69, 9.17) is 26.4 Å². The standard InChI is InChI=1S/C31H40BrClN4O4S/c1-17-25(32)22(15-24(39)40)35-37(17)16-23(38)36-11-9-18(10-12-36)29-34-26(28(33)42-29)19-13-20(30(2,3)4)27(41-8)21(14-19)31(5,6)7/h13-14,18H,9-12,15-16H2,1-8H3,(H,39,40). The molecule has 2 aromatic heterocycles. The number of aromatic nitrogens is 3. The van der Waals surface area contributed by atoms with Crippen molar-refractivity contribution < 1.29 is 19.4 Å². The maximum absolute atomic E-state index is 13.1. The molecule has 42 heavy (non-hydrogen) atoms. The summed E-state index contributed by atoms with van der Waals surface area (Å²) in [5.74, 6) is 0.137. The van der Waals surface area contributed by atoms with Crippen molar-refractivity contribution in [3.05, 3.63) is 48.5 Å². The van der Waals surface area contributed by atoms with Crippen LogP contribution in [0.2, 0.25) is 4.34 Å². The smallest absolute Gasteiger partial charge is 0.309 e. The van der Waals surface area contributed by atoms with E-state index in [0.29, 0.717) is 27.6 Å². The molecule has 0 bridgehead atoms. The number of nitrogens with zero attached hydrogens (tertiary/aromatic N) is 4. The van der Waals surface area contributed by atoms with Crippen molar-refractivity contribution in [3.8, 4) is 17.0 Å². The third kappa shape index (κ3) is 6.86. The number of carbonyl (C=O) groups excluding carboxylic acids is 1. The zero-order chi connectivity index (χ0) is 31.1. The summed E-state index contributed by atoms with van der Waals surface area (Å²) in [6, 6.07) is 4.33. The highest BCUT2D eigenvalue weighted by Gasteiger charge is 2.31. The quantitative estimate of drug-likeness (QED) is 0.280. The van der Waals surface area contributed by atoms with E-state index in [0.717, 1.165) is 51.7 Å². The van der Waals surface area contributed by atoms with Crippen molar-refractivity contribution in [2.45, 2.75) is 91.0 Å². The summed E-state index contributed by atoms with van der Waals surface area (Å²) in [4.78, 5) is 31.2.